The number of carbonyl (C=O) groups excluding carboxylic acids is 3. The molecule has 7 heteroatoms. The smallest absolute Gasteiger partial charge is 0.324 e. The number of amides is 3. The summed E-state index contributed by atoms with van der Waals surface area (Å²) in [4.78, 5) is 38.2. The van der Waals surface area contributed by atoms with Crippen LogP contribution in [0.25, 0.3) is 0 Å². The van der Waals surface area contributed by atoms with Crippen LogP contribution in [0.2, 0.25) is 0 Å². The normalized spacial score (nSPS) is 14.6. The molecule has 1 aliphatic heterocycles. The highest BCUT2D eigenvalue weighted by molar-refractivity contribution is 5.94. The molecule has 1 N–H and O–H groups in total. The zero-order valence-electron chi connectivity index (χ0n) is 13.4. The Kier molecular flexibility index (Phi) is 5.56. The summed E-state index contributed by atoms with van der Waals surface area (Å²) >= 11 is 0. The average molecular weight is 319 g/mol. The van der Waals surface area contributed by atoms with Crippen molar-refractivity contribution in [2.24, 2.45) is 0 Å². The summed E-state index contributed by atoms with van der Waals surface area (Å²) in [6.45, 7) is 1.46. The van der Waals surface area contributed by atoms with Crippen molar-refractivity contribution >= 4 is 29.3 Å². The van der Waals surface area contributed by atoms with Gasteiger partial charge in [0.25, 0.3) is 0 Å². The first-order chi connectivity index (χ1) is 11.0. The van der Waals surface area contributed by atoms with E-state index in [4.69, 9.17) is 0 Å². The molecule has 7 nitrogen and oxygen atoms in total. The molecule has 0 atom stereocenters. The van der Waals surface area contributed by atoms with Gasteiger partial charge in [-0.05, 0) is 30.7 Å². The predicted molar refractivity (Wildman–Crippen MR) is 86.3 cm³/mol. The number of ether oxygens (including phenoxy) is 1. The molecule has 0 bridgehead atoms. The van der Waals surface area contributed by atoms with E-state index in [9.17, 15) is 14.4 Å². The van der Waals surface area contributed by atoms with Crippen LogP contribution in [0.4, 0.5) is 16.2 Å². The second-order valence-corrected chi connectivity index (χ2v) is 5.38. The van der Waals surface area contributed by atoms with Crippen LogP contribution >= 0.6 is 0 Å². The zero-order valence-corrected chi connectivity index (χ0v) is 13.4. The minimum absolute atomic E-state index is 0.0221. The SMILES string of the molecule is COC(=O)CCC(=O)Nc1ccc(N2CCCN(C)C2=O)cc1. The lowest BCUT2D eigenvalue weighted by Crippen LogP contribution is -2.47. The summed E-state index contributed by atoms with van der Waals surface area (Å²) in [6, 6.07) is 7.06. The second-order valence-electron chi connectivity index (χ2n) is 5.38. The first kappa shape index (κ1) is 16.8. The largest absolute Gasteiger partial charge is 0.469 e. The van der Waals surface area contributed by atoms with Gasteiger partial charge in [0, 0.05) is 37.9 Å². The molecule has 0 unspecified atom stereocenters. The van der Waals surface area contributed by atoms with Gasteiger partial charge in [-0.2, -0.15) is 0 Å². The van der Waals surface area contributed by atoms with Gasteiger partial charge >= 0.3 is 12.0 Å². The fraction of sp³-hybridized carbons (Fsp3) is 0.438. The molecule has 23 heavy (non-hydrogen) atoms. The quantitative estimate of drug-likeness (QED) is 0.840. The molecule has 0 spiro atoms. The van der Waals surface area contributed by atoms with Gasteiger partial charge in [-0.3, -0.25) is 14.5 Å². The lowest BCUT2D eigenvalue weighted by Gasteiger charge is -2.33. The molecule has 1 aromatic carbocycles. The Hall–Kier alpha value is -2.57. The van der Waals surface area contributed by atoms with E-state index in [0.717, 1.165) is 18.7 Å². The van der Waals surface area contributed by atoms with Crippen molar-refractivity contribution < 1.29 is 19.1 Å². The highest BCUT2D eigenvalue weighted by Crippen LogP contribution is 2.21. The Labute approximate surface area is 135 Å². The highest BCUT2D eigenvalue weighted by Gasteiger charge is 2.23. The van der Waals surface area contributed by atoms with E-state index >= 15 is 0 Å². The number of benzene rings is 1. The zero-order chi connectivity index (χ0) is 16.8. The van der Waals surface area contributed by atoms with Crippen molar-refractivity contribution in [3.8, 4) is 0 Å². The minimum atomic E-state index is -0.414. The van der Waals surface area contributed by atoms with Crippen molar-refractivity contribution in [1.82, 2.24) is 4.90 Å². The van der Waals surface area contributed by atoms with E-state index < -0.39 is 5.97 Å². The third kappa shape index (κ3) is 4.45. The second kappa shape index (κ2) is 7.62. The molecule has 0 saturated carbocycles. The number of nitrogens with one attached hydrogen (secondary N) is 1. The van der Waals surface area contributed by atoms with Crippen LogP contribution < -0.4 is 10.2 Å². The third-order valence-electron chi connectivity index (χ3n) is 3.68. The number of methoxy groups -OCH3 is 1. The number of rotatable bonds is 5. The Bertz CT molecular complexity index is 585. The monoisotopic (exact) mass is 319 g/mol. The summed E-state index contributed by atoms with van der Waals surface area (Å²) in [5.41, 5.74) is 1.43. The van der Waals surface area contributed by atoms with E-state index in [1.165, 1.54) is 7.11 Å². The van der Waals surface area contributed by atoms with E-state index in [2.05, 4.69) is 10.1 Å². The van der Waals surface area contributed by atoms with Crippen molar-refractivity contribution in [1.29, 1.82) is 0 Å². The van der Waals surface area contributed by atoms with Gasteiger partial charge in [0.05, 0.1) is 13.5 Å². The van der Waals surface area contributed by atoms with E-state index in [-0.39, 0.29) is 24.8 Å². The molecule has 1 fully saturated rings. The van der Waals surface area contributed by atoms with Crippen molar-refractivity contribution in [3.05, 3.63) is 24.3 Å². The maximum atomic E-state index is 12.1. The Morgan fingerprint density at radius 1 is 1.17 bits per heavy atom. The van der Waals surface area contributed by atoms with Gasteiger partial charge < -0.3 is 15.0 Å². The molecular formula is C16H21N3O4. The maximum absolute atomic E-state index is 12.1. The topological polar surface area (TPSA) is 79.0 Å². The van der Waals surface area contributed by atoms with Gasteiger partial charge in [0.15, 0.2) is 0 Å². The van der Waals surface area contributed by atoms with Gasteiger partial charge in [0.1, 0.15) is 0 Å². The molecular weight excluding hydrogens is 298 g/mol. The number of esters is 1. The Morgan fingerprint density at radius 3 is 2.52 bits per heavy atom. The van der Waals surface area contributed by atoms with Crippen molar-refractivity contribution in [2.45, 2.75) is 19.3 Å². The van der Waals surface area contributed by atoms with Crippen molar-refractivity contribution in [3.63, 3.8) is 0 Å². The molecule has 0 aliphatic carbocycles. The van der Waals surface area contributed by atoms with Crippen LogP contribution in [0.5, 0.6) is 0 Å². The number of anilines is 2. The van der Waals surface area contributed by atoms with E-state index in [1.807, 2.05) is 0 Å². The summed E-state index contributed by atoms with van der Waals surface area (Å²) in [6.07, 6.45) is 1.05. The van der Waals surface area contributed by atoms with Gasteiger partial charge in [0.2, 0.25) is 5.91 Å². The average Bonchev–Trinajstić information content (AvgIpc) is 2.56. The first-order valence-corrected chi connectivity index (χ1v) is 7.50. The van der Waals surface area contributed by atoms with E-state index in [0.29, 0.717) is 12.2 Å². The van der Waals surface area contributed by atoms with Crippen LogP contribution in [-0.2, 0) is 14.3 Å². The minimum Gasteiger partial charge on any atom is -0.469 e. The highest BCUT2D eigenvalue weighted by atomic mass is 16.5. The van der Waals surface area contributed by atoms with Gasteiger partial charge in [-0.1, -0.05) is 0 Å². The number of urea groups is 1. The van der Waals surface area contributed by atoms with Crippen LogP contribution in [0.3, 0.4) is 0 Å². The van der Waals surface area contributed by atoms with Crippen LogP contribution in [-0.4, -0.2) is 50.1 Å². The fourth-order valence-corrected chi connectivity index (χ4v) is 2.37. The fourth-order valence-electron chi connectivity index (χ4n) is 2.37. The van der Waals surface area contributed by atoms with E-state index in [1.54, 1.807) is 41.1 Å². The molecule has 1 heterocycles. The van der Waals surface area contributed by atoms with Gasteiger partial charge in [-0.25, -0.2) is 4.79 Å². The standard InChI is InChI=1S/C16H21N3O4/c1-18-10-3-11-19(16(18)22)13-6-4-12(5-7-13)17-14(20)8-9-15(21)23-2/h4-7H,3,8-11H2,1-2H3,(H,17,20). The lowest BCUT2D eigenvalue weighted by molar-refractivity contribution is -0.141. The molecule has 1 aromatic rings. The summed E-state index contributed by atoms with van der Waals surface area (Å²) < 4.78 is 4.49. The molecule has 1 saturated heterocycles. The summed E-state index contributed by atoms with van der Waals surface area (Å²) in [7, 11) is 3.07. The maximum Gasteiger partial charge on any atom is 0.324 e. The molecule has 0 aromatic heterocycles. The van der Waals surface area contributed by atoms with Crippen LogP contribution in [0.1, 0.15) is 19.3 Å². The molecule has 2 rings (SSSR count). The lowest BCUT2D eigenvalue weighted by atomic mass is 10.2. The number of hydrogen-bond donors (Lipinski definition) is 1. The Balaban J connectivity index is 1.93. The number of hydrogen-bond acceptors (Lipinski definition) is 4. The third-order valence-corrected chi connectivity index (χ3v) is 3.68. The summed E-state index contributed by atoms with van der Waals surface area (Å²) in [5.74, 6) is -0.667. The Morgan fingerprint density at radius 2 is 1.87 bits per heavy atom. The van der Waals surface area contributed by atoms with Gasteiger partial charge in [-0.15, -0.1) is 0 Å². The predicted octanol–water partition coefficient (Wildman–Crippen LogP) is 1.84. The molecule has 124 valence electrons. The van der Waals surface area contributed by atoms with Crippen LogP contribution in [0.15, 0.2) is 24.3 Å². The number of nitrogens with zero attached hydrogens (tertiary/aromatic N) is 2. The first-order valence-electron chi connectivity index (χ1n) is 7.50. The molecule has 1 aliphatic rings. The molecule has 0 radical (unpaired) electrons. The molecule has 3 amide bonds. The van der Waals surface area contributed by atoms with Crippen LogP contribution in [0, 0.1) is 0 Å². The van der Waals surface area contributed by atoms with Crippen molar-refractivity contribution in [2.75, 3.05) is 37.5 Å². The summed E-state index contributed by atoms with van der Waals surface area (Å²) in [5, 5.41) is 2.71. The number of carbonyl (C=O) groups is 3.